The molecule has 0 unspecified atom stereocenters. The van der Waals surface area contributed by atoms with E-state index >= 15 is 0 Å². The zero-order valence-corrected chi connectivity index (χ0v) is 10.8. The Balaban J connectivity index is 3.12. The van der Waals surface area contributed by atoms with Crippen LogP contribution in [0.25, 0.3) is 0 Å². The Labute approximate surface area is 94.6 Å². The summed E-state index contributed by atoms with van der Waals surface area (Å²) in [6, 6.07) is 6.40. The van der Waals surface area contributed by atoms with Gasteiger partial charge in [-0.15, -0.1) is 0 Å². The van der Waals surface area contributed by atoms with E-state index in [9.17, 15) is 0 Å². The molecule has 2 heteroatoms. The van der Waals surface area contributed by atoms with Crippen LogP contribution in [0, 0.1) is 6.92 Å². The van der Waals surface area contributed by atoms with Crippen molar-refractivity contribution in [2.24, 2.45) is 0 Å². The van der Waals surface area contributed by atoms with Crippen LogP contribution >= 0.6 is 15.9 Å². The average Bonchev–Trinajstić information content (AvgIpc) is 2.18. The Morgan fingerprint density at radius 1 is 1.36 bits per heavy atom. The van der Waals surface area contributed by atoms with Crippen molar-refractivity contribution >= 4 is 15.9 Å². The molecule has 78 valence electrons. The van der Waals surface area contributed by atoms with Gasteiger partial charge in [-0.25, -0.2) is 0 Å². The largest absolute Gasteiger partial charge is 0.496 e. The zero-order chi connectivity index (χ0) is 10.8. The lowest BCUT2D eigenvalue weighted by Gasteiger charge is -2.23. The van der Waals surface area contributed by atoms with E-state index in [0.717, 1.165) is 11.1 Å². The molecule has 0 bridgehead atoms. The van der Waals surface area contributed by atoms with Gasteiger partial charge in [0, 0.05) is 5.33 Å². The maximum Gasteiger partial charge on any atom is 0.122 e. The van der Waals surface area contributed by atoms with Crippen molar-refractivity contribution in [1.29, 1.82) is 0 Å². The Hall–Kier alpha value is -0.500. The zero-order valence-electron chi connectivity index (χ0n) is 9.23. The molecule has 0 N–H and O–H groups in total. The third-order valence-corrected chi connectivity index (χ3v) is 3.93. The fourth-order valence-electron chi connectivity index (χ4n) is 1.32. The molecular formula is C12H17BrO. The molecule has 0 aliphatic rings. The van der Waals surface area contributed by atoms with Gasteiger partial charge in [0.25, 0.3) is 0 Å². The molecule has 0 fully saturated rings. The molecule has 1 aromatic rings. The molecule has 0 aliphatic heterocycles. The summed E-state index contributed by atoms with van der Waals surface area (Å²) in [5, 5.41) is 0.951. The van der Waals surface area contributed by atoms with Crippen molar-refractivity contribution in [2.75, 3.05) is 12.4 Å². The van der Waals surface area contributed by atoms with Gasteiger partial charge in [-0.2, -0.15) is 0 Å². The number of halogens is 1. The van der Waals surface area contributed by atoms with E-state index in [4.69, 9.17) is 4.74 Å². The number of aryl methyl sites for hydroxylation is 1. The van der Waals surface area contributed by atoms with Crippen LogP contribution in [-0.4, -0.2) is 12.4 Å². The van der Waals surface area contributed by atoms with Gasteiger partial charge in [0.15, 0.2) is 0 Å². The van der Waals surface area contributed by atoms with Gasteiger partial charge in [-0.05, 0) is 29.5 Å². The molecule has 0 saturated carbocycles. The summed E-state index contributed by atoms with van der Waals surface area (Å²) in [4.78, 5) is 0. The second-order valence-corrected chi connectivity index (χ2v) is 4.76. The van der Waals surface area contributed by atoms with Crippen LogP contribution in [-0.2, 0) is 5.41 Å². The third-order valence-electron chi connectivity index (χ3n) is 2.52. The molecule has 14 heavy (non-hydrogen) atoms. The first-order valence-electron chi connectivity index (χ1n) is 4.72. The van der Waals surface area contributed by atoms with Gasteiger partial charge >= 0.3 is 0 Å². The van der Waals surface area contributed by atoms with Crippen LogP contribution in [0.1, 0.15) is 25.0 Å². The van der Waals surface area contributed by atoms with Crippen LogP contribution in [0.3, 0.4) is 0 Å². The molecule has 0 spiro atoms. The maximum atomic E-state index is 5.31. The predicted octanol–water partition coefficient (Wildman–Crippen LogP) is 3.68. The monoisotopic (exact) mass is 256 g/mol. The molecule has 0 radical (unpaired) electrons. The van der Waals surface area contributed by atoms with Crippen LogP contribution in [0.2, 0.25) is 0 Å². The molecule has 0 aliphatic carbocycles. The highest BCUT2D eigenvalue weighted by molar-refractivity contribution is 9.09. The number of hydrogen-bond acceptors (Lipinski definition) is 1. The van der Waals surface area contributed by atoms with Crippen LogP contribution in [0.4, 0.5) is 0 Å². The summed E-state index contributed by atoms with van der Waals surface area (Å²) < 4.78 is 5.31. The van der Waals surface area contributed by atoms with Crippen molar-refractivity contribution < 1.29 is 4.74 Å². The number of methoxy groups -OCH3 is 1. The first-order chi connectivity index (χ1) is 6.51. The van der Waals surface area contributed by atoms with Gasteiger partial charge in [-0.1, -0.05) is 41.9 Å². The van der Waals surface area contributed by atoms with Crippen molar-refractivity contribution in [3.8, 4) is 5.75 Å². The summed E-state index contributed by atoms with van der Waals surface area (Å²) in [5.74, 6) is 0.969. The van der Waals surface area contributed by atoms with Crippen LogP contribution in [0.5, 0.6) is 5.75 Å². The number of hydrogen-bond donors (Lipinski definition) is 0. The average molecular weight is 257 g/mol. The van der Waals surface area contributed by atoms with Gasteiger partial charge in [0.05, 0.1) is 7.11 Å². The first kappa shape index (κ1) is 11.6. The Bertz CT molecular complexity index is 318. The second-order valence-electron chi connectivity index (χ2n) is 4.20. The van der Waals surface area contributed by atoms with Crippen LogP contribution < -0.4 is 4.74 Å². The summed E-state index contributed by atoms with van der Waals surface area (Å²) in [7, 11) is 1.72. The highest BCUT2D eigenvalue weighted by Gasteiger charge is 2.19. The van der Waals surface area contributed by atoms with Gasteiger partial charge < -0.3 is 4.74 Å². The Morgan fingerprint density at radius 3 is 2.50 bits per heavy atom. The summed E-state index contributed by atoms with van der Waals surface area (Å²) >= 11 is 3.53. The minimum Gasteiger partial charge on any atom is -0.496 e. The molecule has 0 aromatic heterocycles. The lowest BCUT2D eigenvalue weighted by Crippen LogP contribution is -2.18. The van der Waals surface area contributed by atoms with Gasteiger partial charge in [-0.3, -0.25) is 0 Å². The molecule has 0 atom stereocenters. The van der Waals surface area contributed by atoms with E-state index in [1.165, 1.54) is 11.1 Å². The molecule has 0 saturated heterocycles. The Morgan fingerprint density at radius 2 is 2.00 bits per heavy atom. The van der Waals surface area contributed by atoms with E-state index in [1.54, 1.807) is 7.11 Å². The second kappa shape index (κ2) is 4.35. The van der Waals surface area contributed by atoms with Gasteiger partial charge in [0.2, 0.25) is 0 Å². The fraction of sp³-hybridized carbons (Fsp3) is 0.500. The van der Waals surface area contributed by atoms with Crippen molar-refractivity contribution in [1.82, 2.24) is 0 Å². The van der Waals surface area contributed by atoms with Crippen molar-refractivity contribution in [3.05, 3.63) is 29.3 Å². The number of benzene rings is 1. The van der Waals surface area contributed by atoms with E-state index in [-0.39, 0.29) is 5.41 Å². The molecule has 0 heterocycles. The minimum absolute atomic E-state index is 0.154. The molecule has 1 aromatic carbocycles. The normalized spacial score (nSPS) is 11.5. The van der Waals surface area contributed by atoms with Crippen molar-refractivity contribution in [2.45, 2.75) is 26.2 Å². The van der Waals surface area contributed by atoms with Gasteiger partial charge in [0.1, 0.15) is 5.75 Å². The third kappa shape index (κ3) is 2.30. The SMILES string of the molecule is COc1cc(C(C)(C)CBr)ccc1C. The number of rotatable bonds is 3. The van der Waals surface area contributed by atoms with E-state index in [2.05, 4.69) is 54.9 Å². The highest BCUT2D eigenvalue weighted by atomic mass is 79.9. The predicted molar refractivity (Wildman–Crippen MR) is 64.6 cm³/mol. The lowest BCUT2D eigenvalue weighted by atomic mass is 9.86. The number of ether oxygens (including phenoxy) is 1. The van der Waals surface area contributed by atoms with E-state index in [1.807, 2.05) is 0 Å². The molecule has 1 rings (SSSR count). The Kier molecular flexibility index (Phi) is 3.59. The minimum atomic E-state index is 0.154. The lowest BCUT2D eigenvalue weighted by molar-refractivity contribution is 0.409. The quantitative estimate of drug-likeness (QED) is 0.750. The molecule has 0 amide bonds. The molecule has 1 nitrogen and oxygen atoms in total. The first-order valence-corrected chi connectivity index (χ1v) is 5.84. The molecular weight excluding hydrogens is 240 g/mol. The van der Waals surface area contributed by atoms with Crippen molar-refractivity contribution in [3.63, 3.8) is 0 Å². The maximum absolute atomic E-state index is 5.31. The van der Waals surface area contributed by atoms with Crippen LogP contribution in [0.15, 0.2) is 18.2 Å². The summed E-state index contributed by atoms with van der Waals surface area (Å²) in [5.41, 5.74) is 2.64. The standard InChI is InChI=1S/C12H17BrO/c1-9-5-6-10(7-11(9)14-4)12(2,3)8-13/h5-7H,8H2,1-4H3. The number of alkyl halides is 1. The highest BCUT2D eigenvalue weighted by Crippen LogP contribution is 2.29. The van der Waals surface area contributed by atoms with E-state index in [0.29, 0.717) is 0 Å². The van der Waals surface area contributed by atoms with E-state index < -0.39 is 0 Å². The topological polar surface area (TPSA) is 9.23 Å². The smallest absolute Gasteiger partial charge is 0.122 e. The summed E-state index contributed by atoms with van der Waals surface area (Å²) in [6.45, 7) is 6.49. The fourth-order valence-corrected chi connectivity index (χ4v) is 1.64. The summed E-state index contributed by atoms with van der Waals surface area (Å²) in [6.07, 6.45) is 0.